The maximum atomic E-state index is 5.10. The van der Waals surface area contributed by atoms with Crippen molar-refractivity contribution in [3.63, 3.8) is 0 Å². The Balaban J connectivity index is 1.08. The van der Waals surface area contributed by atoms with Gasteiger partial charge in [0.2, 0.25) is 0 Å². The Kier molecular flexibility index (Phi) is 5.29. The molecule has 0 saturated carbocycles. The van der Waals surface area contributed by atoms with Crippen molar-refractivity contribution in [2.45, 2.75) is 0 Å². The zero-order chi connectivity index (χ0) is 31.3. The number of para-hydroxylation sites is 1. The lowest BCUT2D eigenvalue weighted by Gasteiger charge is -2.12. The quantitative estimate of drug-likeness (QED) is 0.191. The molecule has 0 fully saturated rings. The van der Waals surface area contributed by atoms with Gasteiger partial charge in [0.05, 0.1) is 16.7 Å². The minimum atomic E-state index is 1.02. The van der Waals surface area contributed by atoms with Gasteiger partial charge >= 0.3 is 0 Å². The molecule has 2 nitrogen and oxygen atoms in total. The number of hydrogen-bond acceptors (Lipinski definition) is 2. The fourth-order valence-electron chi connectivity index (χ4n) is 8.04. The lowest BCUT2D eigenvalue weighted by atomic mass is 9.99. The molecule has 0 N–H and O–H groups in total. The maximum Gasteiger partial charge on any atom is 0.0781 e. The molecule has 222 valence electrons. The summed E-state index contributed by atoms with van der Waals surface area (Å²) in [7, 11) is 0. The van der Waals surface area contributed by atoms with Gasteiger partial charge in [0.1, 0.15) is 0 Å². The Morgan fingerprint density at radius 1 is 0.417 bits per heavy atom. The number of benzene rings is 7. The summed E-state index contributed by atoms with van der Waals surface area (Å²) in [5, 5.41) is 7.66. The molecule has 0 amide bonds. The first kappa shape index (κ1) is 26.1. The largest absolute Gasteiger partial charge is 0.309 e. The van der Waals surface area contributed by atoms with E-state index in [0.29, 0.717) is 0 Å². The molecule has 11 rings (SSSR count). The molecule has 0 saturated heterocycles. The highest BCUT2D eigenvalue weighted by atomic mass is 32.1. The van der Waals surface area contributed by atoms with Crippen molar-refractivity contribution in [1.29, 1.82) is 0 Å². The Labute approximate surface area is 280 Å². The van der Waals surface area contributed by atoms with Crippen LogP contribution in [0.3, 0.4) is 0 Å². The third-order valence-corrected chi connectivity index (χ3v) is 11.3. The normalized spacial score (nSPS) is 12.2. The van der Waals surface area contributed by atoms with Crippen molar-refractivity contribution in [3.8, 4) is 50.3 Å². The molecule has 3 heterocycles. The van der Waals surface area contributed by atoms with Crippen LogP contribution >= 0.6 is 11.3 Å². The van der Waals surface area contributed by atoms with Crippen LogP contribution in [0.5, 0.6) is 0 Å². The van der Waals surface area contributed by atoms with E-state index < -0.39 is 0 Å². The van der Waals surface area contributed by atoms with Crippen LogP contribution in [0.2, 0.25) is 0 Å². The van der Waals surface area contributed by atoms with Crippen molar-refractivity contribution in [2.75, 3.05) is 0 Å². The second-order valence-corrected chi connectivity index (χ2v) is 13.8. The zero-order valence-corrected chi connectivity index (χ0v) is 26.6. The molecule has 1 aliphatic rings. The lowest BCUT2D eigenvalue weighted by Crippen LogP contribution is -1.95. The van der Waals surface area contributed by atoms with Gasteiger partial charge in [0.15, 0.2) is 0 Å². The van der Waals surface area contributed by atoms with E-state index in [1.807, 2.05) is 11.3 Å². The smallest absolute Gasteiger partial charge is 0.0781 e. The van der Waals surface area contributed by atoms with Crippen molar-refractivity contribution in [2.24, 2.45) is 0 Å². The minimum absolute atomic E-state index is 1.02. The van der Waals surface area contributed by atoms with Gasteiger partial charge in [-0.05, 0) is 76.3 Å². The first-order chi connectivity index (χ1) is 23.8. The molecule has 3 heteroatoms. The summed E-state index contributed by atoms with van der Waals surface area (Å²) >= 11 is 1.86. The summed E-state index contributed by atoms with van der Waals surface area (Å²) in [4.78, 5) is 5.10. The average molecular weight is 627 g/mol. The van der Waals surface area contributed by atoms with Crippen LogP contribution in [-0.4, -0.2) is 9.55 Å². The van der Waals surface area contributed by atoms with Crippen LogP contribution in [0.25, 0.3) is 103 Å². The first-order valence-electron chi connectivity index (χ1n) is 16.4. The summed E-state index contributed by atoms with van der Waals surface area (Å²) in [5.41, 5.74) is 13.2. The molecule has 10 aromatic rings. The molecular formula is C45H26N2S. The van der Waals surface area contributed by atoms with Crippen LogP contribution < -0.4 is 0 Å². The van der Waals surface area contributed by atoms with Gasteiger partial charge < -0.3 is 4.57 Å². The Bertz CT molecular complexity index is 2930. The minimum Gasteiger partial charge on any atom is -0.309 e. The van der Waals surface area contributed by atoms with E-state index in [-0.39, 0.29) is 0 Å². The number of pyridine rings is 1. The maximum absolute atomic E-state index is 5.10. The molecule has 0 aliphatic heterocycles. The molecular weight excluding hydrogens is 601 g/mol. The predicted molar refractivity (Wildman–Crippen MR) is 204 cm³/mol. The molecule has 0 bridgehead atoms. The SMILES string of the molecule is c1cc(-c2ncc3c4c(cccc24)-c2ccccc2-3)cc(-n2c3ccccc3c3cc(-c4ccc5sc6ccccc6c5c4)ccc32)c1. The molecule has 0 atom stereocenters. The number of rotatable bonds is 3. The zero-order valence-electron chi connectivity index (χ0n) is 25.8. The topological polar surface area (TPSA) is 17.8 Å². The fraction of sp³-hybridized carbons (Fsp3) is 0. The molecule has 7 aromatic carbocycles. The van der Waals surface area contributed by atoms with E-state index in [9.17, 15) is 0 Å². The Morgan fingerprint density at radius 3 is 2.00 bits per heavy atom. The molecule has 3 aromatic heterocycles. The summed E-state index contributed by atoms with van der Waals surface area (Å²) in [6.07, 6.45) is 2.07. The van der Waals surface area contributed by atoms with E-state index in [1.165, 1.54) is 86.1 Å². The van der Waals surface area contributed by atoms with Crippen LogP contribution in [0.15, 0.2) is 158 Å². The van der Waals surface area contributed by atoms with E-state index >= 15 is 0 Å². The van der Waals surface area contributed by atoms with Gasteiger partial charge in [0, 0.05) is 64.7 Å². The third-order valence-electron chi connectivity index (χ3n) is 10.2. The Hall–Kier alpha value is -6.03. The summed E-state index contributed by atoms with van der Waals surface area (Å²) in [6, 6.07) is 55.5. The second kappa shape index (κ2) is 9.74. The molecule has 1 aliphatic carbocycles. The summed E-state index contributed by atoms with van der Waals surface area (Å²) in [5.74, 6) is 0. The van der Waals surface area contributed by atoms with E-state index in [2.05, 4.69) is 162 Å². The monoisotopic (exact) mass is 626 g/mol. The van der Waals surface area contributed by atoms with Crippen molar-refractivity contribution in [3.05, 3.63) is 158 Å². The van der Waals surface area contributed by atoms with Crippen LogP contribution in [0.4, 0.5) is 0 Å². The van der Waals surface area contributed by atoms with Crippen molar-refractivity contribution < 1.29 is 0 Å². The van der Waals surface area contributed by atoms with Crippen LogP contribution in [-0.2, 0) is 0 Å². The highest BCUT2D eigenvalue weighted by Crippen LogP contribution is 2.48. The lowest BCUT2D eigenvalue weighted by molar-refractivity contribution is 1.18. The molecule has 0 spiro atoms. The van der Waals surface area contributed by atoms with E-state index in [0.717, 1.165) is 16.9 Å². The summed E-state index contributed by atoms with van der Waals surface area (Å²) in [6.45, 7) is 0. The van der Waals surface area contributed by atoms with Crippen LogP contribution in [0, 0.1) is 0 Å². The van der Waals surface area contributed by atoms with E-state index in [4.69, 9.17) is 4.98 Å². The third kappa shape index (κ3) is 3.59. The van der Waals surface area contributed by atoms with Gasteiger partial charge in [-0.3, -0.25) is 4.98 Å². The number of thiophene rings is 1. The summed E-state index contributed by atoms with van der Waals surface area (Å²) < 4.78 is 5.07. The molecule has 0 unspecified atom stereocenters. The van der Waals surface area contributed by atoms with Gasteiger partial charge in [-0.25, -0.2) is 0 Å². The number of fused-ring (bicyclic) bond motifs is 9. The molecule has 0 radical (unpaired) electrons. The average Bonchev–Trinajstić information content (AvgIpc) is 3.80. The number of hydrogen-bond donors (Lipinski definition) is 0. The number of nitrogens with zero attached hydrogens (tertiary/aromatic N) is 2. The number of aromatic nitrogens is 2. The molecule has 48 heavy (non-hydrogen) atoms. The Morgan fingerprint density at radius 2 is 1.08 bits per heavy atom. The van der Waals surface area contributed by atoms with Gasteiger partial charge in [-0.1, -0.05) is 103 Å². The van der Waals surface area contributed by atoms with Crippen molar-refractivity contribution in [1.82, 2.24) is 9.55 Å². The van der Waals surface area contributed by atoms with Gasteiger partial charge in [-0.15, -0.1) is 11.3 Å². The highest BCUT2D eigenvalue weighted by Gasteiger charge is 2.23. The standard InChI is InChI=1S/C45H26N2S/c1-2-12-32-31(11-1)35-15-8-16-36-44(35)39(32)26-46-45(36)29-9-7-10-30(23-29)47-40-17-5-3-13-33(40)37-24-27(19-21-41(37)47)28-20-22-43-38(25-28)34-14-4-6-18-42(34)48-43/h1-26H. The first-order valence-corrected chi connectivity index (χ1v) is 17.2. The predicted octanol–water partition coefficient (Wildman–Crippen LogP) is 12.7. The highest BCUT2D eigenvalue weighted by molar-refractivity contribution is 7.25. The van der Waals surface area contributed by atoms with Gasteiger partial charge in [-0.2, -0.15) is 0 Å². The van der Waals surface area contributed by atoms with Crippen molar-refractivity contribution >= 4 is 64.1 Å². The van der Waals surface area contributed by atoms with Crippen LogP contribution in [0.1, 0.15) is 0 Å². The van der Waals surface area contributed by atoms with Gasteiger partial charge in [0.25, 0.3) is 0 Å². The second-order valence-electron chi connectivity index (χ2n) is 12.7. The van der Waals surface area contributed by atoms with E-state index in [1.54, 1.807) is 0 Å². The fourth-order valence-corrected chi connectivity index (χ4v) is 9.13.